The number of anilines is 1. The molecule has 5 nitrogen and oxygen atoms in total. The van der Waals surface area contributed by atoms with E-state index in [-0.39, 0.29) is 0 Å². The van der Waals surface area contributed by atoms with E-state index in [4.69, 9.17) is 4.52 Å². The molecule has 0 spiro atoms. The molecule has 5 heteroatoms. The van der Waals surface area contributed by atoms with Crippen LogP contribution in [0.25, 0.3) is 0 Å². The van der Waals surface area contributed by atoms with Gasteiger partial charge in [0, 0.05) is 12.1 Å². The van der Waals surface area contributed by atoms with E-state index < -0.39 is 0 Å². The first-order valence-electron chi connectivity index (χ1n) is 5.13. The zero-order valence-electron chi connectivity index (χ0n) is 9.61. The van der Waals surface area contributed by atoms with E-state index in [1.165, 1.54) is 0 Å². The molecule has 0 aliphatic rings. The highest BCUT2D eigenvalue weighted by Gasteiger charge is 2.08. The van der Waals surface area contributed by atoms with Crippen LogP contribution in [0, 0.1) is 20.8 Å². The SMILES string of the molecule is Cc1ccc(NCc2c(C)noc2C)nn1. The van der Waals surface area contributed by atoms with E-state index >= 15 is 0 Å². The van der Waals surface area contributed by atoms with Crippen LogP contribution in [0.1, 0.15) is 22.7 Å². The maximum Gasteiger partial charge on any atom is 0.148 e. The van der Waals surface area contributed by atoms with Crippen LogP contribution >= 0.6 is 0 Å². The van der Waals surface area contributed by atoms with E-state index in [1.54, 1.807) is 0 Å². The van der Waals surface area contributed by atoms with Crippen LogP contribution in [0.2, 0.25) is 0 Å². The number of aryl methyl sites for hydroxylation is 3. The maximum atomic E-state index is 5.08. The number of aromatic nitrogens is 3. The molecule has 0 aromatic carbocycles. The van der Waals surface area contributed by atoms with Crippen LogP contribution in [-0.4, -0.2) is 15.4 Å². The Bertz CT molecular complexity index is 456. The van der Waals surface area contributed by atoms with Crippen molar-refractivity contribution in [1.29, 1.82) is 0 Å². The Balaban J connectivity index is 2.05. The summed E-state index contributed by atoms with van der Waals surface area (Å²) in [6, 6.07) is 3.82. The molecule has 16 heavy (non-hydrogen) atoms. The molecule has 0 amide bonds. The largest absolute Gasteiger partial charge is 0.364 e. The molecule has 2 rings (SSSR count). The van der Waals surface area contributed by atoms with Gasteiger partial charge in [0.05, 0.1) is 11.4 Å². The van der Waals surface area contributed by atoms with Crippen LogP contribution in [0.15, 0.2) is 16.7 Å². The summed E-state index contributed by atoms with van der Waals surface area (Å²) in [6.07, 6.45) is 0. The third kappa shape index (κ3) is 2.18. The van der Waals surface area contributed by atoms with Crippen LogP contribution < -0.4 is 5.32 Å². The fourth-order valence-electron chi connectivity index (χ4n) is 1.43. The van der Waals surface area contributed by atoms with Gasteiger partial charge in [0.2, 0.25) is 0 Å². The van der Waals surface area contributed by atoms with Crippen molar-refractivity contribution in [1.82, 2.24) is 15.4 Å². The second kappa shape index (κ2) is 4.30. The third-order valence-electron chi connectivity index (χ3n) is 2.43. The van der Waals surface area contributed by atoms with Crippen LogP contribution in [0.3, 0.4) is 0 Å². The van der Waals surface area contributed by atoms with E-state index in [0.29, 0.717) is 6.54 Å². The lowest BCUT2D eigenvalue weighted by Gasteiger charge is -2.04. The average molecular weight is 218 g/mol. The highest BCUT2D eigenvalue weighted by molar-refractivity contribution is 5.35. The second-order valence-electron chi connectivity index (χ2n) is 3.72. The summed E-state index contributed by atoms with van der Waals surface area (Å²) in [5.74, 6) is 1.59. The average Bonchev–Trinajstić information content (AvgIpc) is 2.59. The van der Waals surface area contributed by atoms with Gasteiger partial charge < -0.3 is 9.84 Å². The predicted molar refractivity (Wildman–Crippen MR) is 60.1 cm³/mol. The summed E-state index contributed by atoms with van der Waals surface area (Å²) in [5, 5.41) is 15.1. The van der Waals surface area contributed by atoms with Crippen LogP contribution in [0.5, 0.6) is 0 Å². The fourth-order valence-corrected chi connectivity index (χ4v) is 1.43. The van der Waals surface area contributed by atoms with Gasteiger partial charge in [0.1, 0.15) is 11.6 Å². The molecule has 0 saturated heterocycles. The predicted octanol–water partition coefficient (Wildman–Crippen LogP) is 2.00. The highest BCUT2D eigenvalue weighted by Crippen LogP contribution is 2.13. The van der Waals surface area contributed by atoms with Gasteiger partial charge in [-0.05, 0) is 32.9 Å². The quantitative estimate of drug-likeness (QED) is 0.853. The lowest BCUT2D eigenvalue weighted by Crippen LogP contribution is -2.04. The van der Waals surface area contributed by atoms with Crippen LogP contribution in [0.4, 0.5) is 5.82 Å². The van der Waals surface area contributed by atoms with Crippen molar-refractivity contribution in [3.63, 3.8) is 0 Å². The minimum absolute atomic E-state index is 0.652. The summed E-state index contributed by atoms with van der Waals surface area (Å²) >= 11 is 0. The molecule has 0 bridgehead atoms. The van der Waals surface area contributed by atoms with Crippen molar-refractivity contribution < 1.29 is 4.52 Å². The molecule has 0 aliphatic carbocycles. The van der Waals surface area contributed by atoms with Gasteiger partial charge in [-0.25, -0.2) is 0 Å². The van der Waals surface area contributed by atoms with Gasteiger partial charge in [0.15, 0.2) is 0 Å². The molecule has 2 aromatic rings. The lowest BCUT2D eigenvalue weighted by atomic mass is 10.2. The van der Waals surface area contributed by atoms with Crippen molar-refractivity contribution in [3.05, 3.63) is 34.8 Å². The standard InChI is InChI=1S/C11H14N4O/c1-7-4-5-11(14-13-7)12-6-10-8(2)15-16-9(10)3/h4-5H,6H2,1-3H3,(H,12,14). The van der Waals surface area contributed by atoms with Gasteiger partial charge in [0.25, 0.3) is 0 Å². The summed E-state index contributed by atoms with van der Waals surface area (Å²) in [4.78, 5) is 0. The van der Waals surface area contributed by atoms with Gasteiger partial charge in [-0.2, -0.15) is 5.10 Å². The zero-order chi connectivity index (χ0) is 11.5. The smallest absolute Gasteiger partial charge is 0.148 e. The van der Waals surface area contributed by atoms with E-state index in [1.807, 2.05) is 32.9 Å². The third-order valence-corrected chi connectivity index (χ3v) is 2.43. The molecule has 0 fully saturated rings. The molecule has 0 atom stereocenters. The Kier molecular flexibility index (Phi) is 2.85. The molecule has 1 N–H and O–H groups in total. The van der Waals surface area contributed by atoms with Crippen molar-refractivity contribution in [2.45, 2.75) is 27.3 Å². The topological polar surface area (TPSA) is 63.8 Å². The monoisotopic (exact) mass is 218 g/mol. The molecule has 0 radical (unpaired) electrons. The molecule has 2 heterocycles. The summed E-state index contributed by atoms with van der Waals surface area (Å²) in [7, 11) is 0. The van der Waals surface area contributed by atoms with E-state index in [9.17, 15) is 0 Å². The van der Waals surface area contributed by atoms with E-state index in [2.05, 4.69) is 20.7 Å². The molecular formula is C11H14N4O. The highest BCUT2D eigenvalue weighted by atomic mass is 16.5. The number of nitrogens with zero attached hydrogens (tertiary/aromatic N) is 3. The van der Waals surface area contributed by atoms with Crippen molar-refractivity contribution in [2.75, 3.05) is 5.32 Å². The summed E-state index contributed by atoms with van der Waals surface area (Å²) in [5.41, 5.74) is 2.88. The first kappa shape index (κ1) is 10.6. The molecule has 0 unspecified atom stereocenters. The van der Waals surface area contributed by atoms with Gasteiger partial charge in [-0.3, -0.25) is 0 Å². The van der Waals surface area contributed by atoms with Crippen LogP contribution in [-0.2, 0) is 6.54 Å². The Hall–Kier alpha value is -1.91. The van der Waals surface area contributed by atoms with Crippen molar-refractivity contribution >= 4 is 5.82 Å². The number of rotatable bonds is 3. The van der Waals surface area contributed by atoms with Gasteiger partial charge >= 0.3 is 0 Å². The number of nitrogens with one attached hydrogen (secondary N) is 1. The Morgan fingerprint density at radius 2 is 2.00 bits per heavy atom. The number of hydrogen-bond donors (Lipinski definition) is 1. The van der Waals surface area contributed by atoms with Crippen molar-refractivity contribution in [2.24, 2.45) is 0 Å². The molecule has 84 valence electrons. The van der Waals surface area contributed by atoms with Gasteiger partial charge in [-0.15, -0.1) is 5.10 Å². The van der Waals surface area contributed by atoms with E-state index in [0.717, 1.165) is 28.5 Å². The normalized spacial score (nSPS) is 10.4. The molecule has 2 aromatic heterocycles. The first-order chi connectivity index (χ1) is 7.66. The summed E-state index contributed by atoms with van der Waals surface area (Å²) in [6.45, 7) is 6.39. The molecule has 0 saturated carbocycles. The second-order valence-corrected chi connectivity index (χ2v) is 3.72. The van der Waals surface area contributed by atoms with Crippen molar-refractivity contribution in [3.8, 4) is 0 Å². The molecule has 0 aliphatic heterocycles. The minimum Gasteiger partial charge on any atom is -0.364 e. The molecular weight excluding hydrogens is 204 g/mol. The Morgan fingerprint density at radius 3 is 2.56 bits per heavy atom. The van der Waals surface area contributed by atoms with Gasteiger partial charge in [-0.1, -0.05) is 5.16 Å². The number of hydrogen-bond acceptors (Lipinski definition) is 5. The first-order valence-corrected chi connectivity index (χ1v) is 5.13. The Labute approximate surface area is 93.9 Å². The summed E-state index contributed by atoms with van der Waals surface area (Å²) < 4.78 is 5.08. The Morgan fingerprint density at radius 1 is 1.19 bits per heavy atom. The minimum atomic E-state index is 0.652. The lowest BCUT2D eigenvalue weighted by molar-refractivity contribution is 0.392. The fraction of sp³-hybridized carbons (Fsp3) is 0.364. The zero-order valence-corrected chi connectivity index (χ0v) is 9.61. The maximum absolute atomic E-state index is 5.08.